The van der Waals surface area contributed by atoms with Crippen molar-refractivity contribution in [2.24, 2.45) is 5.16 Å². The molecule has 0 aromatic heterocycles. The van der Waals surface area contributed by atoms with Crippen LogP contribution in [0.2, 0.25) is 0 Å². The van der Waals surface area contributed by atoms with E-state index in [1.165, 1.54) is 12.1 Å². The van der Waals surface area contributed by atoms with E-state index < -0.39 is 23.7 Å². The second-order valence-electron chi connectivity index (χ2n) is 9.54. The molecule has 0 spiro atoms. The number of amides is 1. The van der Waals surface area contributed by atoms with Crippen molar-refractivity contribution in [2.45, 2.75) is 31.9 Å². The molecule has 1 heterocycles. The molecule has 4 nitrogen and oxygen atoms in total. The normalized spacial score (nSPS) is 14.7. The van der Waals surface area contributed by atoms with Crippen LogP contribution in [0.5, 0.6) is 0 Å². The zero-order chi connectivity index (χ0) is 26.5. The summed E-state index contributed by atoms with van der Waals surface area (Å²) in [6.45, 7) is 2.19. The van der Waals surface area contributed by atoms with Crippen LogP contribution in [0.25, 0.3) is 0 Å². The average Bonchev–Trinajstić information content (AvgIpc) is 3.40. The first kappa shape index (κ1) is 25.3. The molecule has 38 heavy (non-hydrogen) atoms. The molecule has 1 amide bonds. The lowest BCUT2D eigenvalue weighted by molar-refractivity contribution is -0.134. The Bertz CT molecular complexity index is 1380. The molecule has 192 valence electrons. The summed E-state index contributed by atoms with van der Waals surface area (Å²) >= 11 is 0. The molecule has 5 rings (SSSR count). The Labute approximate surface area is 221 Å². The molecule has 0 aliphatic carbocycles. The molecule has 1 aliphatic heterocycles. The fourth-order valence-electron chi connectivity index (χ4n) is 4.73. The monoisotopic (exact) mass is 510 g/mol. The predicted octanol–water partition coefficient (Wildman–Crippen LogP) is 6.63. The van der Waals surface area contributed by atoms with E-state index in [4.69, 9.17) is 4.84 Å². The van der Waals surface area contributed by atoms with Gasteiger partial charge in [0, 0.05) is 24.6 Å². The molecule has 0 fully saturated rings. The molecule has 0 saturated heterocycles. The highest BCUT2D eigenvalue weighted by Gasteiger charge is 2.32. The van der Waals surface area contributed by atoms with Gasteiger partial charge in [0.1, 0.15) is 11.6 Å². The van der Waals surface area contributed by atoms with Gasteiger partial charge in [-0.05, 0) is 29.7 Å². The van der Waals surface area contributed by atoms with Gasteiger partial charge in [-0.2, -0.15) is 0 Å². The zero-order valence-corrected chi connectivity index (χ0v) is 21.1. The Morgan fingerprint density at radius 1 is 0.921 bits per heavy atom. The minimum Gasteiger partial charge on any atom is -0.390 e. The largest absolute Gasteiger partial charge is 0.390 e. The second-order valence-corrected chi connectivity index (χ2v) is 9.54. The van der Waals surface area contributed by atoms with Crippen LogP contribution in [0.1, 0.15) is 40.2 Å². The third-order valence-corrected chi connectivity index (χ3v) is 6.74. The van der Waals surface area contributed by atoms with Crippen molar-refractivity contribution >= 4 is 11.6 Å². The molecule has 0 bridgehead atoms. The maximum absolute atomic E-state index is 14.7. The van der Waals surface area contributed by atoms with E-state index in [1.807, 2.05) is 91.9 Å². The van der Waals surface area contributed by atoms with Gasteiger partial charge in [0.25, 0.3) is 0 Å². The van der Waals surface area contributed by atoms with Gasteiger partial charge >= 0.3 is 0 Å². The number of benzene rings is 4. The number of hydrogen-bond donors (Lipinski definition) is 0. The molecule has 1 unspecified atom stereocenters. The molecule has 6 heteroatoms. The van der Waals surface area contributed by atoms with Crippen LogP contribution in [-0.4, -0.2) is 29.2 Å². The van der Waals surface area contributed by atoms with Crippen molar-refractivity contribution in [1.29, 1.82) is 0 Å². The van der Waals surface area contributed by atoms with E-state index in [-0.39, 0.29) is 24.6 Å². The van der Waals surface area contributed by atoms with Crippen LogP contribution < -0.4 is 0 Å². The minimum absolute atomic E-state index is 0.0269. The average molecular weight is 511 g/mol. The number of nitrogens with zero attached hydrogens (tertiary/aromatic N) is 2. The zero-order valence-electron chi connectivity index (χ0n) is 21.1. The number of carbonyl (C=O) groups is 1. The van der Waals surface area contributed by atoms with Crippen molar-refractivity contribution in [3.63, 3.8) is 0 Å². The van der Waals surface area contributed by atoms with Crippen LogP contribution in [0.3, 0.4) is 0 Å². The Hall–Kier alpha value is -4.32. The van der Waals surface area contributed by atoms with Crippen LogP contribution in [-0.2, 0) is 16.2 Å². The predicted molar refractivity (Wildman–Crippen MR) is 144 cm³/mol. The number of hydrogen-bond acceptors (Lipinski definition) is 3. The summed E-state index contributed by atoms with van der Waals surface area (Å²) in [4.78, 5) is 21.6. The molecule has 4 aromatic rings. The Kier molecular flexibility index (Phi) is 7.59. The molecule has 0 N–H and O–H groups in total. The summed E-state index contributed by atoms with van der Waals surface area (Å²) in [6, 6.07) is 30.5. The number of halogens is 2. The molecule has 1 aliphatic rings. The fourth-order valence-corrected chi connectivity index (χ4v) is 4.73. The van der Waals surface area contributed by atoms with Crippen LogP contribution in [0.4, 0.5) is 8.78 Å². The van der Waals surface area contributed by atoms with Gasteiger partial charge in [0.05, 0.1) is 18.2 Å². The van der Waals surface area contributed by atoms with E-state index in [0.717, 1.165) is 34.0 Å². The lowest BCUT2D eigenvalue weighted by atomic mass is 9.89. The number of aryl methyl sites for hydroxylation is 1. The topological polar surface area (TPSA) is 41.9 Å². The van der Waals surface area contributed by atoms with Crippen molar-refractivity contribution in [3.05, 3.63) is 143 Å². The van der Waals surface area contributed by atoms with E-state index >= 15 is 0 Å². The lowest BCUT2D eigenvalue weighted by Gasteiger charge is -2.30. The van der Waals surface area contributed by atoms with Crippen LogP contribution in [0, 0.1) is 18.6 Å². The van der Waals surface area contributed by atoms with Crippen molar-refractivity contribution in [2.75, 3.05) is 6.54 Å². The van der Waals surface area contributed by atoms with E-state index in [0.29, 0.717) is 6.42 Å². The first-order valence-electron chi connectivity index (χ1n) is 12.6. The van der Waals surface area contributed by atoms with E-state index in [9.17, 15) is 13.6 Å². The summed E-state index contributed by atoms with van der Waals surface area (Å²) < 4.78 is 28.3. The summed E-state index contributed by atoms with van der Waals surface area (Å²) in [5.41, 5.74) is 4.81. The van der Waals surface area contributed by atoms with Crippen molar-refractivity contribution in [3.8, 4) is 0 Å². The molecule has 1 atom stereocenters. The molecular formula is C32H28F2N2O2. The highest BCUT2D eigenvalue weighted by Crippen LogP contribution is 2.29. The quantitative estimate of drug-likeness (QED) is 0.267. The number of carbonyl (C=O) groups excluding carboxylic acids is 1. The SMILES string of the molecule is Cc1ccc(C2=NOC(CN(Cc3ccc(F)cc3F)C(=O)C(c3ccccc3)c3ccccc3)C2)cc1. The number of oxime groups is 1. The standard InChI is InChI=1S/C32H28F2N2O2/c1-22-12-14-23(15-13-22)30-19-28(38-35-30)21-36(20-26-16-17-27(33)18-29(26)34)32(37)31(24-8-4-2-5-9-24)25-10-6-3-7-11-25/h2-18,28,31H,19-21H2,1H3. The lowest BCUT2D eigenvalue weighted by Crippen LogP contribution is -2.40. The van der Waals surface area contributed by atoms with Crippen molar-refractivity contribution < 1.29 is 18.4 Å². The highest BCUT2D eigenvalue weighted by atomic mass is 19.1. The van der Waals surface area contributed by atoms with Gasteiger partial charge in [-0.1, -0.05) is 102 Å². The van der Waals surface area contributed by atoms with Gasteiger partial charge in [-0.25, -0.2) is 8.78 Å². The van der Waals surface area contributed by atoms with Gasteiger partial charge in [0.15, 0.2) is 6.10 Å². The maximum atomic E-state index is 14.7. The molecule has 0 radical (unpaired) electrons. The third-order valence-electron chi connectivity index (χ3n) is 6.74. The van der Waals surface area contributed by atoms with Gasteiger partial charge in [-0.3, -0.25) is 4.79 Å². The van der Waals surface area contributed by atoms with Crippen molar-refractivity contribution in [1.82, 2.24) is 4.90 Å². The summed E-state index contributed by atoms with van der Waals surface area (Å²) in [7, 11) is 0. The summed E-state index contributed by atoms with van der Waals surface area (Å²) in [5, 5.41) is 4.28. The van der Waals surface area contributed by atoms with Gasteiger partial charge in [-0.15, -0.1) is 0 Å². The van der Waals surface area contributed by atoms with E-state index in [1.54, 1.807) is 4.90 Å². The molecule has 0 saturated carbocycles. The van der Waals surface area contributed by atoms with Gasteiger partial charge < -0.3 is 9.74 Å². The van der Waals surface area contributed by atoms with Crippen LogP contribution >= 0.6 is 0 Å². The van der Waals surface area contributed by atoms with Crippen LogP contribution in [0.15, 0.2) is 108 Å². The highest BCUT2D eigenvalue weighted by molar-refractivity contribution is 6.01. The first-order valence-corrected chi connectivity index (χ1v) is 12.6. The third kappa shape index (κ3) is 5.80. The van der Waals surface area contributed by atoms with Gasteiger partial charge in [0.2, 0.25) is 5.91 Å². The first-order chi connectivity index (χ1) is 18.5. The summed E-state index contributed by atoms with van der Waals surface area (Å²) in [6.07, 6.45) is 0.117. The summed E-state index contributed by atoms with van der Waals surface area (Å²) in [5.74, 6) is -2.15. The van der Waals surface area contributed by atoms with E-state index in [2.05, 4.69) is 5.16 Å². The maximum Gasteiger partial charge on any atom is 0.235 e. The Morgan fingerprint density at radius 3 is 2.16 bits per heavy atom. The molecule has 4 aromatic carbocycles. The Morgan fingerprint density at radius 2 is 1.55 bits per heavy atom. The Balaban J connectivity index is 1.44. The fraction of sp³-hybridized carbons (Fsp3) is 0.188. The number of rotatable bonds is 8. The smallest absolute Gasteiger partial charge is 0.235 e. The second kappa shape index (κ2) is 11.4. The molecular weight excluding hydrogens is 482 g/mol. The minimum atomic E-state index is -0.692.